The molecule has 1 aromatic heterocycles. The number of fused-ring (bicyclic) bond motifs is 1. The Morgan fingerprint density at radius 1 is 1.48 bits per heavy atom. The molecule has 6 nitrogen and oxygen atoms in total. The average Bonchev–Trinajstić information content (AvgIpc) is 2.89. The molecule has 2 aliphatic rings. The number of rotatable bonds is 1. The van der Waals surface area contributed by atoms with E-state index in [1.165, 1.54) is 0 Å². The summed E-state index contributed by atoms with van der Waals surface area (Å²) in [5.74, 6) is 0. The van der Waals surface area contributed by atoms with Gasteiger partial charge in [0.1, 0.15) is 28.7 Å². The summed E-state index contributed by atoms with van der Waals surface area (Å²) in [5, 5.41) is 0. The molecule has 23 heavy (non-hydrogen) atoms. The second-order valence-corrected chi connectivity index (χ2v) is 7.64. The molecule has 1 aromatic rings. The van der Waals surface area contributed by atoms with Crippen LogP contribution >= 0.6 is 15.9 Å². The molecule has 3 heterocycles. The van der Waals surface area contributed by atoms with Crippen LogP contribution in [-0.4, -0.2) is 47.6 Å². The number of piperidine rings is 1. The van der Waals surface area contributed by atoms with E-state index in [4.69, 9.17) is 14.2 Å². The van der Waals surface area contributed by atoms with E-state index in [-0.39, 0.29) is 19.0 Å². The van der Waals surface area contributed by atoms with Crippen LogP contribution in [0.1, 0.15) is 32.9 Å². The third kappa shape index (κ3) is 3.36. The number of ether oxygens (including phenoxy) is 3. The van der Waals surface area contributed by atoms with E-state index in [2.05, 4.69) is 20.9 Å². The fraction of sp³-hybridized carbons (Fsp3) is 0.625. The molecule has 2 saturated heterocycles. The summed E-state index contributed by atoms with van der Waals surface area (Å²) in [6, 6.07) is 5.75. The van der Waals surface area contributed by atoms with E-state index in [9.17, 15) is 4.79 Å². The number of amides is 1. The number of pyridine rings is 1. The van der Waals surface area contributed by atoms with Crippen molar-refractivity contribution in [3.8, 4) is 0 Å². The highest BCUT2D eigenvalue weighted by molar-refractivity contribution is 9.10. The zero-order chi connectivity index (χ0) is 16.7. The Labute approximate surface area is 144 Å². The fourth-order valence-corrected chi connectivity index (χ4v) is 3.32. The monoisotopic (exact) mass is 384 g/mol. The topological polar surface area (TPSA) is 60.9 Å². The number of carbonyl (C=O) groups excluding carboxylic acids is 1. The molecule has 0 N–H and O–H groups in total. The Morgan fingerprint density at radius 3 is 2.96 bits per heavy atom. The van der Waals surface area contributed by atoms with Crippen LogP contribution in [0, 0.1) is 0 Å². The van der Waals surface area contributed by atoms with Crippen LogP contribution in [0.5, 0.6) is 0 Å². The average molecular weight is 385 g/mol. The Balaban J connectivity index is 1.78. The van der Waals surface area contributed by atoms with Crippen molar-refractivity contribution in [2.45, 2.75) is 44.5 Å². The van der Waals surface area contributed by atoms with Crippen molar-refractivity contribution in [2.24, 2.45) is 0 Å². The van der Waals surface area contributed by atoms with Crippen LogP contribution < -0.4 is 0 Å². The number of nitrogens with zero attached hydrogens (tertiary/aromatic N) is 2. The number of aromatic nitrogens is 1. The van der Waals surface area contributed by atoms with Crippen LogP contribution in [0.2, 0.25) is 0 Å². The quantitative estimate of drug-likeness (QED) is 0.696. The van der Waals surface area contributed by atoms with Crippen molar-refractivity contribution >= 4 is 22.0 Å². The molecule has 126 valence electrons. The molecular formula is C16H21BrN2O4. The summed E-state index contributed by atoms with van der Waals surface area (Å²) in [6.45, 7) is 6.77. The number of halogens is 1. The minimum atomic E-state index is -0.595. The lowest BCUT2D eigenvalue weighted by atomic mass is 9.85. The highest BCUT2D eigenvalue weighted by Crippen LogP contribution is 2.42. The van der Waals surface area contributed by atoms with Crippen molar-refractivity contribution in [1.82, 2.24) is 9.88 Å². The summed E-state index contributed by atoms with van der Waals surface area (Å²) in [4.78, 5) is 18.5. The maximum atomic E-state index is 12.3. The molecule has 0 aliphatic carbocycles. The van der Waals surface area contributed by atoms with Gasteiger partial charge in [0.15, 0.2) is 0 Å². The minimum Gasteiger partial charge on any atom is -0.444 e. The Kier molecular flexibility index (Phi) is 4.37. The second-order valence-electron chi connectivity index (χ2n) is 6.83. The largest absolute Gasteiger partial charge is 0.444 e. The van der Waals surface area contributed by atoms with E-state index < -0.39 is 11.2 Å². The normalized spacial score (nSPS) is 27.7. The summed E-state index contributed by atoms with van der Waals surface area (Å²) in [5.41, 5.74) is -0.273. The van der Waals surface area contributed by atoms with Crippen LogP contribution in [-0.2, 0) is 19.8 Å². The van der Waals surface area contributed by atoms with Gasteiger partial charge in [0, 0.05) is 13.0 Å². The summed E-state index contributed by atoms with van der Waals surface area (Å²) >= 11 is 3.40. The molecule has 0 radical (unpaired) electrons. The molecule has 1 amide bonds. The predicted molar refractivity (Wildman–Crippen MR) is 86.9 cm³/mol. The molecule has 2 aliphatic heterocycles. The van der Waals surface area contributed by atoms with Gasteiger partial charge < -0.3 is 19.1 Å². The zero-order valence-corrected chi connectivity index (χ0v) is 15.1. The van der Waals surface area contributed by atoms with Gasteiger partial charge in [-0.05, 0) is 48.8 Å². The first kappa shape index (κ1) is 16.7. The van der Waals surface area contributed by atoms with E-state index in [0.717, 1.165) is 10.3 Å². The lowest BCUT2D eigenvalue weighted by Gasteiger charge is -2.41. The van der Waals surface area contributed by atoms with E-state index in [1.54, 1.807) is 4.90 Å². The predicted octanol–water partition coefficient (Wildman–Crippen LogP) is 3.05. The van der Waals surface area contributed by atoms with Crippen molar-refractivity contribution in [1.29, 1.82) is 0 Å². The molecule has 0 aromatic carbocycles. The summed E-state index contributed by atoms with van der Waals surface area (Å²) in [6.07, 6.45) is 0.0646. The van der Waals surface area contributed by atoms with Gasteiger partial charge in [-0.2, -0.15) is 0 Å². The Bertz CT molecular complexity index is 604. The summed E-state index contributed by atoms with van der Waals surface area (Å²) in [7, 11) is 0. The molecule has 3 rings (SSSR count). The van der Waals surface area contributed by atoms with Crippen LogP contribution in [0.3, 0.4) is 0 Å². The van der Waals surface area contributed by atoms with Crippen molar-refractivity contribution < 1.29 is 19.0 Å². The van der Waals surface area contributed by atoms with Crippen LogP contribution in [0.15, 0.2) is 22.8 Å². The smallest absolute Gasteiger partial charge is 0.410 e. The molecule has 0 spiro atoms. The van der Waals surface area contributed by atoms with Gasteiger partial charge in [-0.25, -0.2) is 9.78 Å². The Morgan fingerprint density at radius 2 is 2.26 bits per heavy atom. The minimum absolute atomic E-state index is 0.209. The van der Waals surface area contributed by atoms with Gasteiger partial charge in [0.2, 0.25) is 0 Å². The second kappa shape index (κ2) is 6.03. The maximum Gasteiger partial charge on any atom is 0.410 e. The SMILES string of the molecule is CC(C)(C)OC(=O)N1CCC2(c3cccc(Br)n3)OCOC2C1. The molecule has 0 saturated carbocycles. The van der Waals surface area contributed by atoms with Crippen molar-refractivity contribution in [3.63, 3.8) is 0 Å². The number of likely N-dealkylation sites (tertiary alicyclic amines) is 1. The highest BCUT2D eigenvalue weighted by atomic mass is 79.9. The lowest BCUT2D eigenvalue weighted by molar-refractivity contribution is -0.0564. The zero-order valence-electron chi connectivity index (χ0n) is 13.5. The number of hydrogen-bond acceptors (Lipinski definition) is 5. The fourth-order valence-electron chi connectivity index (χ4n) is 2.98. The highest BCUT2D eigenvalue weighted by Gasteiger charge is 2.52. The van der Waals surface area contributed by atoms with E-state index >= 15 is 0 Å². The molecule has 0 bridgehead atoms. The van der Waals surface area contributed by atoms with Crippen LogP contribution in [0.25, 0.3) is 0 Å². The first-order valence-electron chi connectivity index (χ1n) is 7.67. The number of hydrogen-bond donors (Lipinski definition) is 0. The first-order chi connectivity index (χ1) is 10.8. The van der Waals surface area contributed by atoms with Gasteiger partial charge in [-0.15, -0.1) is 0 Å². The standard InChI is InChI=1S/C16H21BrN2O4/c1-15(2,3)23-14(20)19-8-7-16(12(9-19)21-10-22-16)11-5-4-6-13(17)18-11/h4-6,12H,7-10H2,1-3H3. The lowest BCUT2D eigenvalue weighted by Crippen LogP contribution is -2.54. The van der Waals surface area contributed by atoms with Gasteiger partial charge in [-0.1, -0.05) is 6.07 Å². The van der Waals surface area contributed by atoms with Crippen molar-refractivity contribution in [2.75, 3.05) is 19.9 Å². The van der Waals surface area contributed by atoms with Gasteiger partial charge in [0.05, 0.1) is 12.2 Å². The number of carbonyl (C=O) groups is 1. The van der Waals surface area contributed by atoms with Gasteiger partial charge >= 0.3 is 6.09 Å². The molecule has 2 atom stereocenters. The summed E-state index contributed by atoms with van der Waals surface area (Å²) < 4.78 is 17.9. The first-order valence-corrected chi connectivity index (χ1v) is 8.46. The van der Waals surface area contributed by atoms with E-state index in [1.807, 2.05) is 39.0 Å². The third-order valence-corrected chi connectivity index (χ3v) is 4.49. The van der Waals surface area contributed by atoms with Crippen LogP contribution in [0.4, 0.5) is 4.79 Å². The Hall–Kier alpha value is -1.18. The van der Waals surface area contributed by atoms with Crippen molar-refractivity contribution in [3.05, 3.63) is 28.5 Å². The van der Waals surface area contributed by atoms with Gasteiger partial charge in [-0.3, -0.25) is 0 Å². The maximum absolute atomic E-state index is 12.3. The molecule has 2 fully saturated rings. The van der Waals surface area contributed by atoms with Gasteiger partial charge in [0.25, 0.3) is 0 Å². The third-order valence-electron chi connectivity index (χ3n) is 4.05. The molecule has 7 heteroatoms. The molecular weight excluding hydrogens is 364 g/mol. The molecule has 2 unspecified atom stereocenters. The van der Waals surface area contributed by atoms with E-state index in [0.29, 0.717) is 19.5 Å².